The van der Waals surface area contributed by atoms with Gasteiger partial charge in [0.2, 0.25) is 0 Å². The molecule has 3 nitrogen and oxygen atoms in total. The van der Waals surface area contributed by atoms with Crippen molar-refractivity contribution in [2.24, 2.45) is 0 Å². The van der Waals surface area contributed by atoms with E-state index in [2.05, 4.69) is 5.10 Å². The molecular formula is C15H10Cl3N3. The molecule has 0 radical (unpaired) electrons. The van der Waals surface area contributed by atoms with Gasteiger partial charge in [0.05, 0.1) is 21.4 Å². The summed E-state index contributed by atoms with van der Waals surface area (Å²) >= 11 is 17.9. The summed E-state index contributed by atoms with van der Waals surface area (Å²) in [5.41, 5.74) is 8.41. The standard InChI is InChI=1S/C15H10Cl3N3/c16-10-3-1-2-9(6-10)14-8-15(19)21(20-14)11-4-5-12(17)13(18)7-11/h1-8H,19H2. The molecule has 2 aromatic carbocycles. The lowest BCUT2D eigenvalue weighted by molar-refractivity contribution is 0.895. The van der Waals surface area contributed by atoms with E-state index < -0.39 is 0 Å². The van der Waals surface area contributed by atoms with Crippen molar-refractivity contribution in [1.82, 2.24) is 9.78 Å². The monoisotopic (exact) mass is 337 g/mol. The van der Waals surface area contributed by atoms with Crippen LogP contribution in [0.5, 0.6) is 0 Å². The van der Waals surface area contributed by atoms with Gasteiger partial charge in [0.1, 0.15) is 5.82 Å². The third kappa shape index (κ3) is 2.86. The smallest absolute Gasteiger partial charge is 0.127 e. The molecule has 3 rings (SSSR count). The van der Waals surface area contributed by atoms with Crippen LogP contribution in [0.25, 0.3) is 16.9 Å². The Bertz CT molecular complexity index is 812. The van der Waals surface area contributed by atoms with E-state index >= 15 is 0 Å². The summed E-state index contributed by atoms with van der Waals surface area (Å²) in [5, 5.41) is 6.08. The Morgan fingerprint density at radius 1 is 0.905 bits per heavy atom. The maximum atomic E-state index is 6.03. The van der Waals surface area contributed by atoms with Gasteiger partial charge in [0, 0.05) is 16.7 Å². The van der Waals surface area contributed by atoms with E-state index in [9.17, 15) is 0 Å². The Morgan fingerprint density at radius 3 is 2.43 bits per heavy atom. The van der Waals surface area contributed by atoms with E-state index in [1.165, 1.54) is 0 Å². The van der Waals surface area contributed by atoms with Crippen LogP contribution in [0, 0.1) is 0 Å². The van der Waals surface area contributed by atoms with Crippen LogP contribution < -0.4 is 5.73 Å². The van der Waals surface area contributed by atoms with Crippen LogP contribution in [0.15, 0.2) is 48.5 Å². The van der Waals surface area contributed by atoms with Crippen LogP contribution in [0.1, 0.15) is 0 Å². The van der Waals surface area contributed by atoms with Gasteiger partial charge in [0.25, 0.3) is 0 Å². The Hall–Kier alpha value is -1.68. The lowest BCUT2D eigenvalue weighted by atomic mass is 10.1. The van der Waals surface area contributed by atoms with Crippen molar-refractivity contribution in [2.45, 2.75) is 0 Å². The summed E-state index contributed by atoms with van der Waals surface area (Å²) in [6.45, 7) is 0. The minimum absolute atomic E-state index is 0.452. The first kappa shape index (κ1) is 14.3. The van der Waals surface area contributed by atoms with Gasteiger partial charge in [-0.25, -0.2) is 4.68 Å². The van der Waals surface area contributed by atoms with Crippen LogP contribution >= 0.6 is 34.8 Å². The molecule has 0 bridgehead atoms. The largest absolute Gasteiger partial charge is 0.384 e. The quantitative estimate of drug-likeness (QED) is 0.708. The number of halogens is 3. The third-order valence-corrected chi connectivity index (χ3v) is 3.98. The van der Waals surface area contributed by atoms with Crippen LogP contribution in [-0.2, 0) is 0 Å². The van der Waals surface area contributed by atoms with Crippen molar-refractivity contribution in [1.29, 1.82) is 0 Å². The van der Waals surface area contributed by atoms with Crippen molar-refractivity contribution < 1.29 is 0 Å². The fourth-order valence-corrected chi connectivity index (χ4v) is 2.49. The number of anilines is 1. The van der Waals surface area contributed by atoms with E-state index in [1.54, 1.807) is 28.9 Å². The first-order valence-electron chi connectivity index (χ1n) is 6.11. The van der Waals surface area contributed by atoms with Crippen molar-refractivity contribution >= 4 is 40.6 Å². The molecule has 0 aliphatic rings. The minimum Gasteiger partial charge on any atom is -0.384 e. The SMILES string of the molecule is Nc1cc(-c2cccc(Cl)c2)nn1-c1ccc(Cl)c(Cl)c1. The summed E-state index contributed by atoms with van der Waals surface area (Å²) in [6.07, 6.45) is 0. The lowest BCUT2D eigenvalue weighted by Gasteiger charge is -2.05. The normalized spacial score (nSPS) is 10.8. The Morgan fingerprint density at radius 2 is 1.71 bits per heavy atom. The Labute approximate surface area is 136 Å². The van der Waals surface area contributed by atoms with Crippen molar-refractivity contribution in [3.8, 4) is 16.9 Å². The van der Waals surface area contributed by atoms with E-state index in [4.69, 9.17) is 40.5 Å². The molecule has 0 saturated carbocycles. The molecule has 0 unspecified atom stereocenters. The Balaban J connectivity index is 2.07. The number of rotatable bonds is 2. The summed E-state index contributed by atoms with van der Waals surface area (Å²) in [6, 6.07) is 14.5. The number of hydrogen-bond acceptors (Lipinski definition) is 2. The van der Waals surface area contributed by atoms with Crippen LogP contribution in [-0.4, -0.2) is 9.78 Å². The summed E-state index contributed by atoms with van der Waals surface area (Å²) < 4.78 is 1.61. The predicted octanol–water partition coefficient (Wildman–Crippen LogP) is 5.08. The van der Waals surface area contributed by atoms with E-state index in [0.717, 1.165) is 16.9 Å². The predicted molar refractivity (Wildman–Crippen MR) is 88.4 cm³/mol. The molecule has 0 spiro atoms. The second kappa shape index (κ2) is 5.60. The van der Waals surface area contributed by atoms with Crippen molar-refractivity contribution in [2.75, 3.05) is 5.73 Å². The first-order chi connectivity index (χ1) is 10.0. The average molecular weight is 339 g/mol. The highest BCUT2D eigenvalue weighted by Gasteiger charge is 2.10. The molecule has 106 valence electrons. The molecule has 0 atom stereocenters. The fraction of sp³-hybridized carbons (Fsp3) is 0. The second-order valence-electron chi connectivity index (χ2n) is 4.48. The van der Waals surface area contributed by atoms with Gasteiger partial charge in [-0.3, -0.25) is 0 Å². The highest BCUT2D eigenvalue weighted by molar-refractivity contribution is 6.42. The molecule has 1 heterocycles. The topological polar surface area (TPSA) is 43.8 Å². The first-order valence-corrected chi connectivity index (χ1v) is 7.25. The maximum Gasteiger partial charge on any atom is 0.127 e. The number of hydrogen-bond donors (Lipinski definition) is 1. The van der Waals surface area contributed by atoms with Gasteiger partial charge in [-0.2, -0.15) is 5.10 Å². The molecule has 0 amide bonds. The summed E-state index contributed by atoms with van der Waals surface area (Å²) in [4.78, 5) is 0. The molecule has 2 N–H and O–H groups in total. The third-order valence-electron chi connectivity index (χ3n) is 3.01. The second-order valence-corrected chi connectivity index (χ2v) is 5.73. The highest BCUT2D eigenvalue weighted by atomic mass is 35.5. The van der Waals surface area contributed by atoms with Crippen molar-refractivity contribution in [3.63, 3.8) is 0 Å². The van der Waals surface area contributed by atoms with Gasteiger partial charge < -0.3 is 5.73 Å². The zero-order chi connectivity index (χ0) is 15.0. The molecule has 0 aliphatic carbocycles. The van der Waals surface area contributed by atoms with Gasteiger partial charge in [0.15, 0.2) is 0 Å². The molecule has 0 saturated heterocycles. The highest BCUT2D eigenvalue weighted by Crippen LogP contribution is 2.28. The van der Waals surface area contributed by atoms with Gasteiger partial charge >= 0.3 is 0 Å². The molecule has 0 aliphatic heterocycles. The molecular weight excluding hydrogens is 329 g/mol. The molecule has 3 aromatic rings. The van der Waals surface area contributed by atoms with E-state index in [0.29, 0.717) is 20.9 Å². The maximum absolute atomic E-state index is 6.03. The van der Waals surface area contributed by atoms with E-state index in [-0.39, 0.29) is 0 Å². The summed E-state index contributed by atoms with van der Waals surface area (Å²) in [5.74, 6) is 0.503. The lowest BCUT2D eigenvalue weighted by Crippen LogP contribution is -2.01. The number of nitrogen functional groups attached to an aromatic ring is 1. The van der Waals surface area contributed by atoms with Gasteiger partial charge in [-0.15, -0.1) is 0 Å². The van der Waals surface area contributed by atoms with E-state index in [1.807, 2.05) is 24.3 Å². The number of benzene rings is 2. The Kier molecular flexibility index (Phi) is 3.81. The molecule has 21 heavy (non-hydrogen) atoms. The molecule has 1 aromatic heterocycles. The zero-order valence-corrected chi connectivity index (χ0v) is 13.0. The van der Waals surface area contributed by atoms with Gasteiger partial charge in [-0.1, -0.05) is 46.9 Å². The van der Waals surface area contributed by atoms with Crippen molar-refractivity contribution in [3.05, 3.63) is 63.6 Å². The fourth-order valence-electron chi connectivity index (χ4n) is 2.01. The number of aromatic nitrogens is 2. The van der Waals surface area contributed by atoms with Crippen LogP contribution in [0.2, 0.25) is 15.1 Å². The van der Waals surface area contributed by atoms with Gasteiger partial charge in [-0.05, 0) is 30.3 Å². The summed E-state index contributed by atoms with van der Waals surface area (Å²) in [7, 11) is 0. The van der Waals surface area contributed by atoms with Crippen LogP contribution in [0.4, 0.5) is 5.82 Å². The number of nitrogens with two attached hydrogens (primary N) is 1. The average Bonchev–Trinajstić information content (AvgIpc) is 2.84. The minimum atomic E-state index is 0.452. The number of nitrogens with zero attached hydrogens (tertiary/aromatic N) is 2. The molecule has 6 heteroatoms. The van der Waals surface area contributed by atoms with Crippen LogP contribution in [0.3, 0.4) is 0 Å². The zero-order valence-electron chi connectivity index (χ0n) is 10.7. The molecule has 0 fully saturated rings.